The van der Waals surface area contributed by atoms with Crippen molar-refractivity contribution >= 4 is 11.6 Å². The van der Waals surface area contributed by atoms with Gasteiger partial charge in [-0.25, -0.2) is 4.39 Å². The molecule has 0 heterocycles. The first kappa shape index (κ1) is 11.9. The summed E-state index contributed by atoms with van der Waals surface area (Å²) in [5, 5.41) is 9.65. The molecule has 0 amide bonds. The van der Waals surface area contributed by atoms with E-state index in [0.29, 0.717) is 12.0 Å². The molecule has 0 spiro atoms. The summed E-state index contributed by atoms with van der Waals surface area (Å²) in [6, 6.07) is 5.08. The standard InChI is InChI=1S/C13H16ClFO/c14-11-5-3-4-10(12(11)15)8-13(9-16)6-1-2-7-13/h3-5,16H,1-2,6-9H2. The van der Waals surface area contributed by atoms with Gasteiger partial charge in [0.05, 0.1) is 5.02 Å². The molecular formula is C13H16ClFO. The number of aliphatic hydroxyl groups is 1. The minimum atomic E-state index is -0.330. The third-order valence-electron chi connectivity index (χ3n) is 3.60. The van der Waals surface area contributed by atoms with Crippen LogP contribution in [0.5, 0.6) is 0 Å². The lowest BCUT2D eigenvalue weighted by Gasteiger charge is -2.26. The van der Waals surface area contributed by atoms with Crippen LogP contribution < -0.4 is 0 Å². The average Bonchev–Trinajstić information content (AvgIpc) is 2.74. The molecule has 2 rings (SSSR count). The van der Waals surface area contributed by atoms with Gasteiger partial charge in [0.15, 0.2) is 0 Å². The number of hydrogen-bond donors (Lipinski definition) is 1. The van der Waals surface area contributed by atoms with E-state index in [1.165, 1.54) is 0 Å². The third kappa shape index (κ3) is 2.23. The van der Waals surface area contributed by atoms with Crippen LogP contribution >= 0.6 is 11.6 Å². The quantitative estimate of drug-likeness (QED) is 0.859. The number of benzene rings is 1. The second-order valence-electron chi connectivity index (χ2n) is 4.75. The summed E-state index contributed by atoms with van der Waals surface area (Å²) in [5.74, 6) is -0.330. The fourth-order valence-corrected chi connectivity index (χ4v) is 2.80. The van der Waals surface area contributed by atoms with Crippen LogP contribution in [0.4, 0.5) is 4.39 Å². The van der Waals surface area contributed by atoms with E-state index >= 15 is 0 Å². The Morgan fingerprint density at radius 3 is 2.62 bits per heavy atom. The Morgan fingerprint density at radius 1 is 1.31 bits per heavy atom. The maximum absolute atomic E-state index is 13.7. The summed E-state index contributed by atoms with van der Waals surface area (Å²) in [4.78, 5) is 0. The van der Waals surface area contributed by atoms with Crippen molar-refractivity contribution in [3.63, 3.8) is 0 Å². The minimum Gasteiger partial charge on any atom is -0.396 e. The van der Waals surface area contributed by atoms with Gasteiger partial charge in [-0.1, -0.05) is 36.6 Å². The van der Waals surface area contributed by atoms with Crippen LogP contribution in [0.2, 0.25) is 5.02 Å². The van der Waals surface area contributed by atoms with Gasteiger partial charge in [-0.05, 0) is 36.3 Å². The van der Waals surface area contributed by atoms with Crippen LogP contribution in [0.25, 0.3) is 0 Å². The molecule has 88 valence electrons. The molecule has 0 atom stereocenters. The van der Waals surface area contributed by atoms with Gasteiger partial charge in [-0.15, -0.1) is 0 Å². The predicted molar refractivity (Wildman–Crippen MR) is 63.1 cm³/mol. The summed E-state index contributed by atoms with van der Waals surface area (Å²) in [5.41, 5.74) is 0.509. The summed E-state index contributed by atoms with van der Waals surface area (Å²) >= 11 is 5.75. The summed E-state index contributed by atoms with van der Waals surface area (Å²) in [7, 11) is 0. The Balaban J connectivity index is 2.22. The Hall–Kier alpha value is -0.600. The predicted octanol–water partition coefficient (Wildman–Crippen LogP) is 3.57. The van der Waals surface area contributed by atoms with Crippen molar-refractivity contribution < 1.29 is 9.50 Å². The van der Waals surface area contributed by atoms with Crippen molar-refractivity contribution in [1.29, 1.82) is 0 Å². The van der Waals surface area contributed by atoms with Crippen molar-refractivity contribution in [2.24, 2.45) is 5.41 Å². The van der Waals surface area contributed by atoms with Crippen molar-refractivity contribution in [1.82, 2.24) is 0 Å². The second kappa shape index (κ2) is 4.72. The Labute approximate surface area is 100 Å². The largest absolute Gasteiger partial charge is 0.396 e. The highest BCUT2D eigenvalue weighted by atomic mass is 35.5. The van der Waals surface area contributed by atoms with Crippen molar-refractivity contribution in [3.8, 4) is 0 Å². The maximum atomic E-state index is 13.7. The van der Waals surface area contributed by atoms with E-state index in [2.05, 4.69) is 0 Å². The van der Waals surface area contributed by atoms with E-state index in [9.17, 15) is 9.50 Å². The Bertz CT molecular complexity index is 372. The molecule has 0 unspecified atom stereocenters. The van der Waals surface area contributed by atoms with Crippen LogP contribution in [-0.2, 0) is 6.42 Å². The van der Waals surface area contributed by atoms with Gasteiger partial charge in [0.2, 0.25) is 0 Å². The molecule has 1 aromatic carbocycles. The molecule has 0 bridgehead atoms. The zero-order valence-electron chi connectivity index (χ0n) is 9.18. The van der Waals surface area contributed by atoms with Gasteiger partial charge in [0.1, 0.15) is 5.82 Å². The van der Waals surface area contributed by atoms with E-state index in [1.54, 1.807) is 18.2 Å². The smallest absolute Gasteiger partial charge is 0.144 e. The SMILES string of the molecule is OCC1(Cc2cccc(Cl)c2F)CCCC1. The van der Waals surface area contributed by atoms with E-state index in [0.717, 1.165) is 25.7 Å². The molecule has 3 heteroatoms. The summed E-state index contributed by atoms with van der Waals surface area (Å²) in [6.45, 7) is 0.138. The van der Waals surface area contributed by atoms with Crippen LogP contribution in [-0.4, -0.2) is 11.7 Å². The highest BCUT2D eigenvalue weighted by molar-refractivity contribution is 6.30. The molecule has 1 nitrogen and oxygen atoms in total. The van der Waals surface area contributed by atoms with E-state index in [4.69, 9.17) is 11.6 Å². The lowest BCUT2D eigenvalue weighted by Crippen LogP contribution is -2.24. The topological polar surface area (TPSA) is 20.2 Å². The highest BCUT2D eigenvalue weighted by Gasteiger charge is 2.34. The Kier molecular flexibility index (Phi) is 3.50. The summed E-state index contributed by atoms with van der Waals surface area (Å²) in [6.07, 6.45) is 4.81. The number of hydrogen-bond acceptors (Lipinski definition) is 1. The summed E-state index contributed by atoms with van der Waals surface area (Å²) < 4.78 is 13.7. The van der Waals surface area contributed by atoms with Gasteiger partial charge in [0.25, 0.3) is 0 Å². The van der Waals surface area contributed by atoms with Crippen molar-refractivity contribution in [3.05, 3.63) is 34.6 Å². The highest BCUT2D eigenvalue weighted by Crippen LogP contribution is 2.41. The molecular weight excluding hydrogens is 227 g/mol. The zero-order chi connectivity index (χ0) is 11.6. The lowest BCUT2D eigenvalue weighted by atomic mass is 9.81. The first-order valence-corrected chi connectivity index (χ1v) is 6.08. The van der Waals surface area contributed by atoms with E-state index in [-0.39, 0.29) is 22.9 Å². The van der Waals surface area contributed by atoms with Crippen LogP contribution in [0.15, 0.2) is 18.2 Å². The maximum Gasteiger partial charge on any atom is 0.144 e. The minimum absolute atomic E-state index is 0.120. The lowest BCUT2D eigenvalue weighted by molar-refractivity contribution is 0.129. The molecule has 1 saturated carbocycles. The molecule has 1 aromatic rings. The molecule has 0 aromatic heterocycles. The first-order valence-electron chi connectivity index (χ1n) is 5.71. The van der Waals surface area contributed by atoms with Gasteiger partial charge >= 0.3 is 0 Å². The monoisotopic (exact) mass is 242 g/mol. The number of halogens is 2. The molecule has 0 aliphatic heterocycles. The molecule has 1 aliphatic rings. The number of aliphatic hydroxyl groups excluding tert-OH is 1. The van der Waals surface area contributed by atoms with Crippen LogP contribution in [0.3, 0.4) is 0 Å². The molecule has 1 N–H and O–H groups in total. The molecule has 16 heavy (non-hydrogen) atoms. The van der Waals surface area contributed by atoms with Crippen LogP contribution in [0, 0.1) is 11.2 Å². The van der Waals surface area contributed by atoms with Gasteiger partial charge in [0, 0.05) is 6.61 Å². The Morgan fingerprint density at radius 2 is 2.00 bits per heavy atom. The zero-order valence-corrected chi connectivity index (χ0v) is 9.93. The van der Waals surface area contributed by atoms with Crippen molar-refractivity contribution in [2.45, 2.75) is 32.1 Å². The van der Waals surface area contributed by atoms with Gasteiger partial charge < -0.3 is 5.11 Å². The van der Waals surface area contributed by atoms with E-state index < -0.39 is 0 Å². The van der Waals surface area contributed by atoms with Gasteiger partial charge in [-0.2, -0.15) is 0 Å². The first-order chi connectivity index (χ1) is 7.67. The fourth-order valence-electron chi connectivity index (χ4n) is 2.60. The van der Waals surface area contributed by atoms with Crippen molar-refractivity contribution in [2.75, 3.05) is 6.61 Å². The average molecular weight is 243 g/mol. The normalized spacial score (nSPS) is 18.9. The third-order valence-corrected chi connectivity index (χ3v) is 3.89. The van der Waals surface area contributed by atoms with Gasteiger partial charge in [-0.3, -0.25) is 0 Å². The number of rotatable bonds is 3. The fraction of sp³-hybridized carbons (Fsp3) is 0.538. The van der Waals surface area contributed by atoms with Crippen LogP contribution in [0.1, 0.15) is 31.2 Å². The van der Waals surface area contributed by atoms with E-state index in [1.807, 2.05) is 0 Å². The molecule has 1 aliphatic carbocycles. The molecule has 0 saturated heterocycles. The second-order valence-corrected chi connectivity index (χ2v) is 5.16. The molecule has 0 radical (unpaired) electrons. The molecule has 1 fully saturated rings.